The number of para-hydroxylation sites is 1. The van der Waals surface area contributed by atoms with Crippen LogP contribution in [0.3, 0.4) is 0 Å². The zero-order valence-electron chi connectivity index (χ0n) is 16.5. The van der Waals surface area contributed by atoms with E-state index in [1.165, 1.54) is 6.08 Å². The van der Waals surface area contributed by atoms with Gasteiger partial charge in [0, 0.05) is 35.6 Å². The Bertz CT molecular complexity index is 1010. The summed E-state index contributed by atoms with van der Waals surface area (Å²) in [4.78, 5) is 26.9. The van der Waals surface area contributed by atoms with Crippen LogP contribution in [0, 0.1) is 0 Å². The highest BCUT2D eigenvalue weighted by Crippen LogP contribution is 2.31. The molecule has 6 heteroatoms. The number of aromatic amines is 1. The molecule has 0 aliphatic rings. The van der Waals surface area contributed by atoms with Crippen LogP contribution in [0.5, 0.6) is 5.75 Å². The van der Waals surface area contributed by atoms with Gasteiger partial charge in [0.05, 0.1) is 7.11 Å². The van der Waals surface area contributed by atoms with Crippen molar-refractivity contribution in [3.8, 4) is 5.75 Å². The van der Waals surface area contributed by atoms with Crippen LogP contribution < -0.4 is 10.1 Å². The average Bonchev–Trinajstić information content (AvgIpc) is 3.17. The Labute approximate surface area is 169 Å². The molecule has 0 aliphatic heterocycles. The van der Waals surface area contributed by atoms with E-state index >= 15 is 0 Å². The second-order valence-electron chi connectivity index (χ2n) is 6.53. The molecule has 0 radical (unpaired) electrons. The lowest BCUT2D eigenvalue weighted by Gasteiger charge is -2.18. The molecule has 150 valence electrons. The highest BCUT2D eigenvalue weighted by atomic mass is 16.5. The number of rotatable bonds is 8. The minimum Gasteiger partial charge on any atom is -0.497 e. The fourth-order valence-electron chi connectivity index (χ4n) is 3.21. The fraction of sp³-hybridized carbons (Fsp3) is 0.217. The van der Waals surface area contributed by atoms with Gasteiger partial charge >= 0.3 is 5.97 Å². The van der Waals surface area contributed by atoms with Crippen LogP contribution in [0.1, 0.15) is 24.0 Å². The van der Waals surface area contributed by atoms with Gasteiger partial charge in [0.2, 0.25) is 0 Å². The van der Waals surface area contributed by atoms with Gasteiger partial charge in [-0.25, -0.2) is 4.79 Å². The second-order valence-corrected chi connectivity index (χ2v) is 6.53. The van der Waals surface area contributed by atoms with Gasteiger partial charge in [0.1, 0.15) is 5.75 Å². The maximum Gasteiger partial charge on any atom is 0.330 e. The molecule has 6 nitrogen and oxygen atoms in total. The van der Waals surface area contributed by atoms with Crippen molar-refractivity contribution in [2.24, 2.45) is 0 Å². The van der Waals surface area contributed by atoms with Crippen LogP contribution in [0.25, 0.3) is 10.9 Å². The molecule has 1 aromatic heterocycles. The molecular weight excluding hydrogens is 368 g/mol. The van der Waals surface area contributed by atoms with Crippen molar-refractivity contribution in [1.82, 2.24) is 10.3 Å². The predicted molar refractivity (Wildman–Crippen MR) is 112 cm³/mol. The number of benzene rings is 2. The van der Waals surface area contributed by atoms with Crippen molar-refractivity contribution >= 4 is 22.8 Å². The van der Waals surface area contributed by atoms with E-state index in [4.69, 9.17) is 9.47 Å². The first kappa shape index (κ1) is 20.2. The van der Waals surface area contributed by atoms with E-state index in [9.17, 15) is 9.59 Å². The Hall–Kier alpha value is -3.54. The Morgan fingerprint density at radius 3 is 2.62 bits per heavy atom. The van der Waals surface area contributed by atoms with Crippen molar-refractivity contribution in [2.45, 2.75) is 12.8 Å². The summed E-state index contributed by atoms with van der Waals surface area (Å²) in [5.41, 5.74) is 3.16. The minimum atomic E-state index is -0.536. The van der Waals surface area contributed by atoms with Crippen LogP contribution in [0.4, 0.5) is 0 Å². The highest BCUT2D eigenvalue weighted by Gasteiger charge is 2.19. The largest absolute Gasteiger partial charge is 0.497 e. The first-order valence-electron chi connectivity index (χ1n) is 9.38. The molecule has 1 amide bonds. The summed E-state index contributed by atoms with van der Waals surface area (Å²) in [7, 11) is 1.63. The topological polar surface area (TPSA) is 80.4 Å². The van der Waals surface area contributed by atoms with E-state index in [2.05, 4.69) is 16.4 Å². The molecule has 3 aromatic rings. The van der Waals surface area contributed by atoms with E-state index in [0.717, 1.165) is 27.8 Å². The number of nitrogens with one attached hydrogen (secondary N) is 2. The van der Waals surface area contributed by atoms with Crippen molar-refractivity contribution in [3.05, 3.63) is 78.0 Å². The van der Waals surface area contributed by atoms with Gasteiger partial charge in [0.25, 0.3) is 5.91 Å². The fourth-order valence-corrected chi connectivity index (χ4v) is 3.21. The smallest absolute Gasteiger partial charge is 0.330 e. The number of aromatic nitrogens is 1. The summed E-state index contributed by atoms with van der Waals surface area (Å²) in [5, 5.41) is 3.97. The number of hydrogen-bond acceptors (Lipinski definition) is 4. The number of amides is 1. The molecule has 3 rings (SSSR count). The van der Waals surface area contributed by atoms with Crippen LogP contribution in [0.2, 0.25) is 0 Å². The number of H-pyrrole nitrogens is 1. The van der Waals surface area contributed by atoms with E-state index in [-0.39, 0.29) is 18.4 Å². The molecule has 0 saturated carbocycles. The van der Waals surface area contributed by atoms with Gasteiger partial charge in [-0.05, 0) is 36.2 Å². The Morgan fingerprint density at radius 2 is 1.90 bits per heavy atom. The molecule has 29 heavy (non-hydrogen) atoms. The number of fused-ring (bicyclic) bond motifs is 1. The number of carbonyl (C=O) groups excluding carboxylic acids is 2. The first-order chi connectivity index (χ1) is 14.1. The van der Waals surface area contributed by atoms with E-state index in [0.29, 0.717) is 6.54 Å². The van der Waals surface area contributed by atoms with Crippen molar-refractivity contribution in [2.75, 3.05) is 20.3 Å². The monoisotopic (exact) mass is 392 g/mol. The van der Waals surface area contributed by atoms with Crippen molar-refractivity contribution < 1.29 is 19.1 Å². The van der Waals surface area contributed by atoms with Crippen LogP contribution in [-0.4, -0.2) is 37.1 Å². The number of esters is 1. The Morgan fingerprint density at radius 1 is 1.14 bits per heavy atom. The second kappa shape index (κ2) is 9.59. The highest BCUT2D eigenvalue weighted by molar-refractivity contribution is 5.86. The summed E-state index contributed by atoms with van der Waals surface area (Å²) in [6.45, 7) is 1.77. The number of methoxy groups -OCH3 is 1. The molecule has 0 fully saturated rings. The van der Waals surface area contributed by atoms with Crippen LogP contribution in [-0.2, 0) is 14.3 Å². The number of ether oxygens (including phenoxy) is 2. The van der Waals surface area contributed by atoms with E-state index < -0.39 is 5.97 Å². The van der Waals surface area contributed by atoms with Gasteiger partial charge in [-0.3, -0.25) is 4.79 Å². The lowest BCUT2D eigenvalue weighted by molar-refractivity contribution is -0.143. The van der Waals surface area contributed by atoms with E-state index in [1.54, 1.807) is 20.1 Å². The zero-order chi connectivity index (χ0) is 20.6. The normalized spacial score (nSPS) is 12.1. The van der Waals surface area contributed by atoms with Crippen molar-refractivity contribution in [1.29, 1.82) is 0 Å². The summed E-state index contributed by atoms with van der Waals surface area (Å²) in [5.74, 6) is -0.189. The molecule has 2 aromatic carbocycles. The molecular formula is C23H24N2O4. The maximum atomic E-state index is 12.2. The molecule has 0 unspecified atom stereocenters. The summed E-state index contributed by atoms with van der Waals surface area (Å²) >= 11 is 0. The molecule has 0 spiro atoms. The summed E-state index contributed by atoms with van der Waals surface area (Å²) < 4.78 is 10.2. The minimum absolute atomic E-state index is 0.0766. The summed E-state index contributed by atoms with van der Waals surface area (Å²) in [6, 6.07) is 15.8. The molecule has 0 aliphatic carbocycles. The number of allylic oxidation sites excluding steroid dienone is 1. The maximum absolute atomic E-state index is 12.2. The standard InChI is InChI=1S/C23H24N2O4/c1-3-6-23(27)29-15-22(26)25-13-19(16-9-11-17(28-2)12-10-16)20-14-24-21-8-5-4-7-18(20)21/h3-12,14,19,24H,13,15H2,1-2H3,(H,25,26)/b6-3+/t19-/m1/s1. The SMILES string of the molecule is C/C=C/C(=O)OCC(=O)NC[C@H](c1ccc(OC)cc1)c1c[nH]c2ccccc12. The lowest BCUT2D eigenvalue weighted by Crippen LogP contribution is -2.32. The van der Waals surface area contributed by atoms with E-state index in [1.807, 2.05) is 48.7 Å². The average molecular weight is 392 g/mol. The van der Waals surface area contributed by atoms with Gasteiger partial charge in [-0.2, -0.15) is 0 Å². The molecule has 0 bridgehead atoms. The predicted octanol–water partition coefficient (Wildman–Crippen LogP) is 3.54. The third-order valence-electron chi connectivity index (χ3n) is 4.67. The quantitative estimate of drug-likeness (QED) is 0.454. The number of carbonyl (C=O) groups is 2. The number of hydrogen-bond donors (Lipinski definition) is 2. The van der Waals surface area contributed by atoms with Gasteiger partial charge in [0.15, 0.2) is 6.61 Å². The Balaban J connectivity index is 1.79. The summed E-state index contributed by atoms with van der Waals surface area (Å²) in [6.07, 6.45) is 4.81. The third kappa shape index (κ3) is 5.04. The van der Waals surface area contributed by atoms with Crippen LogP contribution in [0.15, 0.2) is 66.9 Å². The first-order valence-corrected chi connectivity index (χ1v) is 9.38. The van der Waals surface area contributed by atoms with Gasteiger partial charge < -0.3 is 19.8 Å². The molecule has 1 heterocycles. The molecule has 1 atom stereocenters. The Kier molecular flexibility index (Phi) is 6.68. The van der Waals surface area contributed by atoms with Gasteiger partial charge in [-0.1, -0.05) is 36.4 Å². The van der Waals surface area contributed by atoms with Crippen molar-refractivity contribution in [3.63, 3.8) is 0 Å². The zero-order valence-corrected chi connectivity index (χ0v) is 16.5. The van der Waals surface area contributed by atoms with Crippen LogP contribution >= 0.6 is 0 Å². The molecule has 2 N–H and O–H groups in total. The third-order valence-corrected chi connectivity index (χ3v) is 4.67. The van der Waals surface area contributed by atoms with Gasteiger partial charge in [-0.15, -0.1) is 0 Å². The molecule has 0 saturated heterocycles. The lowest BCUT2D eigenvalue weighted by atomic mass is 9.91.